The zero-order valence-electron chi connectivity index (χ0n) is 10.9. The molecule has 0 amide bonds. The number of rotatable bonds is 4. The Labute approximate surface area is 107 Å². The van der Waals surface area contributed by atoms with Crippen LogP contribution in [-0.4, -0.2) is 25.9 Å². The quantitative estimate of drug-likeness (QED) is 0.902. The van der Waals surface area contributed by atoms with Crippen LogP contribution in [0.1, 0.15) is 29.5 Å². The third-order valence-corrected chi connectivity index (χ3v) is 3.49. The maximum atomic E-state index is 9.33. The summed E-state index contributed by atoms with van der Waals surface area (Å²) in [5, 5.41) is 9.89. The van der Waals surface area contributed by atoms with E-state index in [0.717, 1.165) is 22.4 Å². The number of methoxy groups -OCH3 is 2. The predicted octanol–water partition coefficient (Wildman–Crippen LogP) is 3.07. The Balaban J connectivity index is 3.60. The lowest BCUT2D eigenvalue weighted by Crippen LogP contribution is -2.08. The van der Waals surface area contributed by atoms with E-state index in [-0.39, 0.29) is 12.5 Å². The van der Waals surface area contributed by atoms with Gasteiger partial charge >= 0.3 is 0 Å². The van der Waals surface area contributed by atoms with Gasteiger partial charge in [-0.25, -0.2) is 0 Å². The summed E-state index contributed by atoms with van der Waals surface area (Å²) >= 11 is 6.23. The lowest BCUT2D eigenvalue weighted by Gasteiger charge is -2.22. The molecule has 0 saturated heterocycles. The van der Waals surface area contributed by atoms with Crippen molar-refractivity contribution in [1.82, 2.24) is 0 Å². The molecule has 1 aromatic rings. The van der Waals surface area contributed by atoms with Gasteiger partial charge in [0.25, 0.3) is 0 Å². The van der Waals surface area contributed by atoms with E-state index in [2.05, 4.69) is 0 Å². The van der Waals surface area contributed by atoms with Crippen molar-refractivity contribution in [3.05, 3.63) is 21.7 Å². The molecule has 1 N–H and O–H groups in total. The smallest absolute Gasteiger partial charge is 0.141 e. The maximum Gasteiger partial charge on any atom is 0.141 e. The molecule has 1 rings (SSSR count). The Morgan fingerprint density at radius 3 is 2.06 bits per heavy atom. The lowest BCUT2D eigenvalue weighted by molar-refractivity contribution is 0.268. The number of hydrogen-bond donors (Lipinski definition) is 1. The van der Waals surface area contributed by atoms with Crippen LogP contribution in [-0.2, 0) is 0 Å². The van der Waals surface area contributed by atoms with E-state index in [1.165, 1.54) is 0 Å². The molecule has 1 atom stereocenters. The van der Waals surface area contributed by atoms with Crippen molar-refractivity contribution in [3.8, 4) is 11.5 Å². The van der Waals surface area contributed by atoms with E-state index in [0.29, 0.717) is 10.8 Å². The van der Waals surface area contributed by atoms with E-state index in [1.54, 1.807) is 14.2 Å². The van der Waals surface area contributed by atoms with Gasteiger partial charge in [0.05, 0.1) is 19.2 Å². The number of aliphatic hydroxyl groups excluding tert-OH is 1. The van der Waals surface area contributed by atoms with Gasteiger partial charge in [-0.15, -0.1) is 0 Å². The van der Waals surface area contributed by atoms with Gasteiger partial charge in [0.2, 0.25) is 0 Å². The molecule has 0 aliphatic rings. The van der Waals surface area contributed by atoms with Crippen LogP contribution in [0.15, 0.2) is 0 Å². The second-order valence-corrected chi connectivity index (χ2v) is 4.51. The van der Waals surface area contributed by atoms with Crippen LogP contribution in [0.4, 0.5) is 0 Å². The van der Waals surface area contributed by atoms with Gasteiger partial charge in [0.15, 0.2) is 0 Å². The van der Waals surface area contributed by atoms with Gasteiger partial charge in [0.1, 0.15) is 11.5 Å². The highest BCUT2D eigenvalue weighted by molar-refractivity contribution is 6.33. The molecule has 3 nitrogen and oxygen atoms in total. The van der Waals surface area contributed by atoms with E-state index in [1.807, 2.05) is 20.8 Å². The molecular weight excluding hydrogens is 240 g/mol. The monoisotopic (exact) mass is 258 g/mol. The van der Waals surface area contributed by atoms with Crippen LogP contribution in [0.3, 0.4) is 0 Å². The van der Waals surface area contributed by atoms with Crippen molar-refractivity contribution in [2.75, 3.05) is 20.8 Å². The molecule has 96 valence electrons. The molecule has 0 bridgehead atoms. The largest absolute Gasteiger partial charge is 0.496 e. The van der Waals surface area contributed by atoms with Gasteiger partial charge in [-0.2, -0.15) is 0 Å². The lowest BCUT2D eigenvalue weighted by atomic mass is 9.93. The van der Waals surface area contributed by atoms with Gasteiger partial charge < -0.3 is 14.6 Å². The summed E-state index contributed by atoms with van der Waals surface area (Å²) in [5.74, 6) is 1.37. The van der Waals surface area contributed by atoms with Crippen LogP contribution < -0.4 is 9.47 Å². The molecule has 0 aromatic heterocycles. The van der Waals surface area contributed by atoms with E-state index in [9.17, 15) is 5.11 Å². The Hall–Kier alpha value is -0.930. The molecule has 0 spiro atoms. The van der Waals surface area contributed by atoms with E-state index >= 15 is 0 Å². The normalized spacial score (nSPS) is 12.4. The number of halogens is 1. The summed E-state index contributed by atoms with van der Waals surface area (Å²) < 4.78 is 10.7. The molecule has 1 aromatic carbocycles. The SMILES string of the molecule is COc1c(C)c(C(C)CO)c(OC)c(C)c1Cl. The van der Waals surface area contributed by atoms with Gasteiger partial charge in [-0.3, -0.25) is 0 Å². The fourth-order valence-electron chi connectivity index (χ4n) is 2.12. The average Bonchev–Trinajstić information content (AvgIpc) is 2.33. The third-order valence-electron chi connectivity index (χ3n) is 3.03. The molecule has 4 heteroatoms. The summed E-state index contributed by atoms with van der Waals surface area (Å²) in [4.78, 5) is 0. The van der Waals surface area contributed by atoms with Crippen molar-refractivity contribution >= 4 is 11.6 Å². The molecule has 0 radical (unpaired) electrons. The minimum atomic E-state index is -0.0187. The van der Waals surface area contributed by atoms with E-state index in [4.69, 9.17) is 21.1 Å². The molecule has 0 saturated carbocycles. The number of hydrogen-bond acceptors (Lipinski definition) is 3. The zero-order valence-corrected chi connectivity index (χ0v) is 11.7. The molecular formula is C13H19ClO3. The van der Waals surface area contributed by atoms with Crippen molar-refractivity contribution in [1.29, 1.82) is 0 Å². The molecule has 0 aliphatic carbocycles. The van der Waals surface area contributed by atoms with Crippen molar-refractivity contribution in [2.45, 2.75) is 26.7 Å². The summed E-state index contributed by atoms with van der Waals surface area (Å²) in [7, 11) is 3.20. The first-order chi connectivity index (χ1) is 7.99. The van der Waals surface area contributed by atoms with Crippen molar-refractivity contribution in [3.63, 3.8) is 0 Å². The first kappa shape index (κ1) is 14.1. The second-order valence-electron chi connectivity index (χ2n) is 4.13. The highest BCUT2D eigenvalue weighted by atomic mass is 35.5. The van der Waals surface area contributed by atoms with Crippen LogP contribution in [0.25, 0.3) is 0 Å². The number of benzene rings is 1. The van der Waals surface area contributed by atoms with Gasteiger partial charge in [-0.05, 0) is 19.4 Å². The van der Waals surface area contributed by atoms with Crippen LogP contribution in [0.5, 0.6) is 11.5 Å². The third kappa shape index (κ3) is 2.35. The van der Waals surface area contributed by atoms with Crippen molar-refractivity contribution in [2.24, 2.45) is 0 Å². The summed E-state index contributed by atoms with van der Waals surface area (Å²) in [6.07, 6.45) is 0. The minimum Gasteiger partial charge on any atom is -0.496 e. The highest BCUT2D eigenvalue weighted by Gasteiger charge is 2.23. The first-order valence-electron chi connectivity index (χ1n) is 5.50. The van der Waals surface area contributed by atoms with Crippen molar-refractivity contribution < 1.29 is 14.6 Å². The Morgan fingerprint density at radius 2 is 1.65 bits per heavy atom. The Bertz CT molecular complexity index is 416. The molecule has 0 aliphatic heterocycles. The topological polar surface area (TPSA) is 38.7 Å². The average molecular weight is 259 g/mol. The first-order valence-corrected chi connectivity index (χ1v) is 5.88. The fraction of sp³-hybridized carbons (Fsp3) is 0.538. The Morgan fingerprint density at radius 1 is 1.12 bits per heavy atom. The zero-order chi connectivity index (χ0) is 13.2. The van der Waals surface area contributed by atoms with Crippen LogP contribution in [0.2, 0.25) is 5.02 Å². The fourth-order valence-corrected chi connectivity index (χ4v) is 2.42. The van der Waals surface area contributed by atoms with Gasteiger partial charge in [-0.1, -0.05) is 18.5 Å². The van der Waals surface area contributed by atoms with E-state index < -0.39 is 0 Å². The van der Waals surface area contributed by atoms with Crippen LogP contribution >= 0.6 is 11.6 Å². The molecule has 0 fully saturated rings. The predicted molar refractivity (Wildman–Crippen MR) is 69.5 cm³/mol. The van der Waals surface area contributed by atoms with Crippen LogP contribution in [0, 0.1) is 13.8 Å². The molecule has 1 unspecified atom stereocenters. The summed E-state index contributed by atoms with van der Waals surface area (Å²) in [6.45, 7) is 5.81. The molecule has 17 heavy (non-hydrogen) atoms. The Kier molecular flexibility index (Phi) is 4.66. The second kappa shape index (κ2) is 5.61. The number of ether oxygens (including phenoxy) is 2. The van der Waals surface area contributed by atoms with Gasteiger partial charge in [0, 0.05) is 23.7 Å². The minimum absolute atomic E-state index is 0.0187. The molecule has 0 heterocycles. The summed E-state index contributed by atoms with van der Waals surface area (Å²) in [6, 6.07) is 0. The maximum absolute atomic E-state index is 9.33. The highest BCUT2D eigenvalue weighted by Crippen LogP contribution is 2.43. The standard InChI is InChI=1S/C13H19ClO3/c1-7(6-15)10-8(2)13(17-5)11(14)9(3)12(10)16-4/h7,15H,6H2,1-5H3. The number of aliphatic hydroxyl groups is 1. The summed E-state index contributed by atoms with van der Waals surface area (Å²) in [5.41, 5.74) is 2.71.